The average molecular weight is 342 g/mol. The van der Waals surface area contributed by atoms with Gasteiger partial charge in [-0.1, -0.05) is 20.4 Å². The maximum atomic E-state index is 3.29. The Morgan fingerprint density at radius 3 is 1.89 bits per heavy atom. The minimum absolute atomic E-state index is 1.10. The van der Waals surface area contributed by atoms with Crippen molar-refractivity contribution in [3.63, 3.8) is 0 Å². The van der Waals surface area contributed by atoms with Crippen LogP contribution in [-0.4, -0.2) is 0 Å². The van der Waals surface area contributed by atoms with Crippen LogP contribution in [0.4, 0.5) is 0 Å². The summed E-state index contributed by atoms with van der Waals surface area (Å²) in [7, 11) is 0. The molecule has 3 heteroatoms. The maximum absolute atomic E-state index is 3.29. The van der Waals surface area contributed by atoms with Crippen LogP contribution in [0.2, 0.25) is 0 Å². The average Bonchev–Trinajstić information content (AvgIpc) is 1.94. The molecule has 0 atom stereocenters. The van der Waals surface area contributed by atoms with Gasteiger partial charge in [0.05, 0.1) is 0 Å². The van der Waals surface area contributed by atoms with Gasteiger partial charge in [0, 0.05) is 0 Å². The van der Waals surface area contributed by atoms with Crippen LogP contribution >= 0.6 is 29.4 Å². The van der Waals surface area contributed by atoms with E-state index in [1.807, 2.05) is 24.3 Å². The van der Waals surface area contributed by atoms with Gasteiger partial charge in [0.15, 0.2) is 0 Å². The molecular formula is C6H4Br2Pd. The van der Waals surface area contributed by atoms with Gasteiger partial charge >= 0.3 is 30.6 Å². The zero-order chi connectivity index (χ0) is 7.11. The predicted octanol–water partition coefficient (Wildman–Crippen LogP) is 3.09. The molecule has 0 saturated heterocycles. The molecule has 0 unspecified atom stereocenters. The molecule has 9 heavy (non-hydrogen) atoms. The van der Waals surface area contributed by atoms with E-state index in [9.17, 15) is 0 Å². The summed E-state index contributed by atoms with van der Waals surface area (Å²) in [4.78, 5) is 0. The van der Waals surface area contributed by atoms with E-state index in [1.54, 1.807) is 0 Å². The Morgan fingerprint density at radius 1 is 1.22 bits per heavy atom. The van der Waals surface area contributed by atoms with Crippen LogP contribution in [0.25, 0.3) is 0 Å². The van der Waals surface area contributed by atoms with Crippen LogP contribution in [0, 0.1) is 6.07 Å². The summed E-state index contributed by atoms with van der Waals surface area (Å²) >= 11 is 8.64. The van der Waals surface area contributed by atoms with E-state index in [1.165, 1.54) is 0 Å². The van der Waals surface area contributed by atoms with Crippen LogP contribution in [0.5, 0.6) is 0 Å². The Labute approximate surface area is 80.8 Å². The summed E-state index contributed by atoms with van der Waals surface area (Å²) in [6, 6.07) is 10.5. The van der Waals surface area contributed by atoms with Crippen LogP contribution in [-0.2, 0) is 17.2 Å². The third-order valence-corrected chi connectivity index (χ3v) is 1.21. The van der Waals surface area contributed by atoms with Crippen molar-refractivity contribution < 1.29 is 17.2 Å². The van der Waals surface area contributed by atoms with Gasteiger partial charge in [-0.05, 0) is 0 Å². The van der Waals surface area contributed by atoms with E-state index in [4.69, 9.17) is 0 Å². The summed E-state index contributed by atoms with van der Waals surface area (Å²) in [5, 5.41) is 0. The quantitative estimate of drug-likeness (QED) is 0.502. The van der Waals surface area contributed by atoms with E-state index < -0.39 is 0 Å². The van der Waals surface area contributed by atoms with E-state index in [0.29, 0.717) is 0 Å². The standard InChI is InChI=1S/C6H4Br.BrH.Pd/c7-6-4-2-1-3-5-6;;/h2-5H;1H;/q-1;;+2/p-1. The Morgan fingerprint density at radius 2 is 1.67 bits per heavy atom. The second-order valence-corrected chi connectivity index (χ2v) is 2.13. The van der Waals surface area contributed by atoms with Crippen molar-refractivity contribution in [1.29, 1.82) is 0 Å². The molecule has 0 bridgehead atoms. The number of rotatable bonds is 0. The topological polar surface area (TPSA) is 0 Å². The first-order valence-corrected chi connectivity index (χ1v) is 6.48. The van der Waals surface area contributed by atoms with Crippen LogP contribution in [0.15, 0.2) is 28.7 Å². The molecule has 52 valence electrons. The van der Waals surface area contributed by atoms with Gasteiger partial charge in [0.25, 0.3) is 0 Å². The molecule has 0 fully saturated rings. The van der Waals surface area contributed by atoms with Gasteiger partial charge in [-0.25, -0.2) is 0 Å². The molecule has 0 saturated carbocycles. The molecule has 0 aliphatic rings. The van der Waals surface area contributed by atoms with Gasteiger partial charge in [-0.3, -0.25) is 0 Å². The monoisotopic (exact) mass is 340 g/mol. The predicted molar refractivity (Wildman–Crippen MR) is 41.9 cm³/mol. The summed E-state index contributed by atoms with van der Waals surface area (Å²) in [6.45, 7) is 0. The molecule has 1 aromatic rings. The van der Waals surface area contributed by atoms with Gasteiger partial charge in [0.1, 0.15) is 0 Å². The summed E-state index contributed by atoms with van der Waals surface area (Å²) in [5.74, 6) is 0. The first kappa shape index (κ1) is 9.84. The van der Waals surface area contributed by atoms with Crippen molar-refractivity contribution in [2.75, 3.05) is 0 Å². The summed E-state index contributed by atoms with van der Waals surface area (Å²) in [5.41, 5.74) is 0. The summed E-state index contributed by atoms with van der Waals surface area (Å²) < 4.78 is 1.10. The van der Waals surface area contributed by atoms with E-state index in [-0.39, 0.29) is 0 Å². The summed E-state index contributed by atoms with van der Waals surface area (Å²) in [6.07, 6.45) is 0. The zero-order valence-electron chi connectivity index (χ0n) is 4.38. The Hall–Kier alpha value is 0.842. The van der Waals surface area contributed by atoms with Crippen molar-refractivity contribution in [2.24, 2.45) is 0 Å². The third kappa shape index (κ3) is 5.29. The second kappa shape index (κ2) is 6.96. The zero-order valence-corrected chi connectivity index (χ0v) is 9.11. The SMILES string of the molecule is Brc1cc[c-]cc1.[Br][Pd+]. The van der Waals surface area contributed by atoms with Gasteiger partial charge in [0.2, 0.25) is 0 Å². The van der Waals surface area contributed by atoms with Crippen LogP contribution < -0.4 is 0 Å². The molecule has 0 radical (unpaired) electrons. The van der Waals surface area contributed by atoms with E-state index >= 15 is 0 Å². The molecular weight excluding hydrogens is 338 g/mol. The number of benzene rings is 1. The first-order valence-electron chi connectivity index (χ1n) is 2.13. The van der Waals surface area contributed by atoms with Crippen LogP contribution in [0.3, 0.4) is 0 Å². The molecule has 1 aromatic carbocycles. The molecule has 0 aliphatic carbocycles. The number of hydrogen-bond acceptors (Lipinski definition) is 0. The normalized spacial score (nSPS) is 7.56. The fraction of sp³-hybridized carbons (Fsp3) is 0. The fourth-order valence-electron chi connectivity index (χ4n) is 0.367. The van der Waals surface area contributed by atoms with Gasteiger partial charge < -0.3 is 0 Å². The molecule has 0 aliphatic heterocycles. The molecule has 0 N–H and O–H groups in total. The van der Waals surface area contributed by atoms with Crippen molar-refractivity contribution in [3.8, 4) is 0 Å². The second-order valence-electron chi connectivity index (χ2n) is 1.22. The third-order valence-electron chi connectivity index (χ3n) is 0.678. The Balaban J connectivity index is 0.000000291. The van der Waals surface area contributed by atoms with E-state index in [2.05, 4.69) is 52.6 Å². The van der Waals surface area contributed by atoms with Gasteiger partial charge in [-0.2, -0.15) is 30.3 Å². The minimum atomic E-state index is 1.10. The van der Waals surface area contributed by atoms with E-state index in [0.717, 1.165) is 4.47 Å². The number of halogens is 2. The molecule has 0 amide bonds. The Bertz CT molecular complexity index is 141. The van der Waals surface area contributed by atoms with Crippen molar-refractivity contribution in [3.05, 3.63) is 34.8 Å². The molecule has 0 aromatic heterocycles. The van der Waals surface area contributed by atoms with Crippen molar-refractivity contribution in [1.82, 2.24) is 0 Å². The van der Waals surface area contributed by atoms with Gasteiger partial charge in [-0.15, -0.1) is 0 Å². The molecule has 0 nitrogen and oxygen atoms in total. The molecule has 0 heterocycles. The fourth-order valence-corrected chi connectivity index (χ4v) is 0.631. The first-order chi connectivity index (χ1) is 4.39. The van der Waals surface area contributed by atoms with Crippen LogP contribution in [0.1, 0.15) is 0 Å². The van der Waals surface area contributed by atoms with Crippen molar-refractivity contribution >= 4 is 29.4 Å². The molecule has 1 rings (SSSR count). The van der Waals surface area contributed by atoms with Crippen molar-refractivity contribution in [2.45, 2.75) is 0 Å². The Kier molecular flexibility index (Phi) is 7.61. The number of hydrogen-bond donors (Lipinski definition) is 0. The molecule has 0 spiro atoms.